The van der Waals surface area contributed by atoms with E-state index >= 15 is 0 Å². The Balaban J connectivity index is 1.81. The van der Waals surface area contributed by atoms with E-state index in [4.69, 9.17) is 4.74 Å². The van der Waals surface area contributed by atoms with Crippen LogP contribution < -0.4 is 10.9 Å². The molecule has 1 aliphatic rings. The lowest BCUT2D eigenvalue weighted by Gasteiger charge is -2.26. The summed E-state index contributed by atoms with van der Waals surface area (Å²) in [7, 11) is 0. The maximum Gasteiger partial charge on any atom is 0.313 e. The van der Waals surface area contributed by atoms with Crippen molar-refractivity contribution in [1.82, 2.24) is 9.97 Å². The van der Waals surface area contributed by atoms with Crippen molar-refractivity contribution in [2.75, 3.05) is 18.5 Å². The molecule has 1 saturated carbocycles. The first-order chi connectivity index (χ1) is 11.1. The number of rotatable bonds is 5. The largest absolute Gasteiger partial charge is 0.466 e. The zero-order chi connectivity index (χ0) is 16.3. The molecule has 2 aromatic rings. The average Bonchev–Trinajstić information content (AvgIpc) is 3.04. The van der Waals surface area contributed by atoms with Crippen LogP contribution in [0.4, 0.5) is 5.95 Å². The molecule has 1 fully saturated rings. The molecular formula is C17H21N3O3. The molecule has 0 aliphatic heterocycles. The molecule has 3 rings (SSSR count). The van der Waals surface area contributed by atoms with Crippen LogP contribution in [-0.4, -0.2) is 29.1 Å². The van der Waals surface area contributed by atoms with Crippen LogP contribution in [0.1, 0.15) is 32.6 Å². The Labute approximate surface area is 134 Å². The maximum absolute atomic E-state index is 12.3. The molecule has 1 heterocycles. The summed E-state index contributed by atoms with van der Waals surface area (Å²) in [6.45, 7) is 2.62. The van der Waals surface area contributed by atoms with Crippen LogP contribution in [0.25, 0.3) is 10.9 Å². The molecule has 0 saturated heterocycles. The standard InChI is InChI=1S/C17H21N3O3/c1-2-23-15(22)17(9-5-6-10-17)11-18-16-19-13-8-4-3-7-12(13)14(21)20-16/h3-4,7-8H,2,5-6,9-11H2,1H3,(H2,18,19,20,21). The van der Waals surface area contributed by atoms with Crippen LogP contribution in [-0.2, 0) is 9.53 Å². The lowest BCUT2D eigenvalue weighted by atomic mass is 9.86. The number of aromatic amines is 1. The third-order valence-corrected chi connectivity index (χ3v) is 4.48. The minimum absolute atomic E-state index is 0.159. The normalized spacial score (nSPS) is 16.4. The van der Waals surface area contributed by atoms with Gasteiger partial charge < -0.3 is 10.1 Å². The number of hydrogen-bond donors (Lipinski definition) is 2. The summed E-state index contributed by atoms with van der Waals surface area (Å²) in [6, 6.07) is 7.19. The SMILES string of the molecule is CCOC(=O)C1(CNc2nc3ccccc3c(=O)[nH]2)CCCC1. The van der Waals surface area contributed by atoms with Crippen molar-refractivity contribution in [1.29, 1.82) is 0 Å². The summed E-state index contributed by atoms with van der Waals surface area (Å²) in [5.74, 6) is 0.234. The molecule has 2 N–H and O–H groups in total. The zero-order valence-corrected chi connectivity index (χ0v) is 13.2. The van der Waals surface area contributed by atoms with E-state index in [9.17, 15) is 9.59 Å². The second-order valence-electron chi connectivity index (χ2n) is 5.99. The van der Waals surface area contributed by atoms with Gasteiger partial charge in [0.1, 0.15) is 0 Å². The van der Waals surface area contributed by atoms with Gasteiger partial charge in [-0.1, -0.05) is 25.0 Å². The first-order valence-electron chi connectivity index (χ1n) is 8.05. The van der Waals surface area contributed by atoms with E-state index in [-0.39, 0.29) is 11.5 Å². The van der Waals surface area contributed by atoms with Crippen LogP contribution in [0.5, 0.6) is 0 Å². The van der Waals surface area contributed by atoms with Crippen molar-refractivity contribution in [3.8, 4) is 0 Å². The van der Waals surface area contributed by atoms with Gasteiger partial charge in [-0.15, -0.1) is 0 Å². The Morgan fingerprint density at radius 1 is 1.35 bits per heavy atom. The summed E-state index contributed by atoms with van der Waals surface area (Å²) in [4.78, 5) is 31.5. The summed E-state index contributed by atoms with van der Waals surface area (Å²) in [6.07, 6.45) is 3.64. The number of nitrogens with one attached hydrogen (secondary N) is 2. The minimum Gasteiger partial charge on any atom is -0.466 e. The summed E-state index contributed by atoms with van der Waals surface area (Å²) in [5, 5.41) is 3.69. The molecule has 122 valence electrons. The number of nitrogens with zero attached hydrogens (tertiary/aromatic N) is 1. The number of ether oxygens (including phenoxy) is 1. The Morgan fingerprint density at radius 2 is 2.09 bits per heavy atom. The number of para-hydroxylation sites is 1. The highest BCUT2D eigenvalue weighted by Gasteiger charge is 2.42. The van der Waals surface area contributed by atoms with Gasteiger partial charge in [0.15, 0.2) is 0 Å². The van der Waals surface area contributed by atoms with Crippen molar-refractivity contribution in [2.45, 2.75) is 32.6 Å². The fourth-order valence-corrected chi connectivity index (χ4v) is 3.21. The molecule has 1 aromatic carbocycles. The van der Waals surface area contributed by atoms with Crippen LogP contribution in [0.15, 0.2) is 29.1 Å². The molecule has 0 radical (unpaired) electrons. The molecule has 6 nitrogen and oxygen atoms in total. The monoisotopic (exact) mass is 315 g/mol. The minimum atomic E-state index is -0.514. The third-order valence-electron chi connectivity index (χ3n) is 4.48. The van der Waals surface area contributed by atoms with E-state index in [2.05, 4.69) is 15.3 Å². The number of aromatic nitrogens is 2. The van der Waals surface area contributed by atoms with Crippen LogP contribution in [0, 0.1) is 5.41 Å². The van der Waals surface area contributed by atoms with Gasteiger partial charge in [-0.3, -0.25) is 14.6 Å². The van der Waals surface area contributed by atoms with Gasteiger partial charge in [0.05, 0.1) is 22.9 Å². The molecule has 0 unspecified atom stereocenters. The van der Waals surface area contributed by atoms with Gasteiger partial charge >= 0.3 is 5.97 Å². The lowest BCUT2D eigenvalue weighted by molar-refractivity contribution is -0.154. The highest BCUT2D eigenvalue weighted by atomic mass is 16.5. The van der Waals surface area contributed by atoms with Crippen molar-refractivity contribution in [3.63, 3.8) is 0 Å². The number of carbonyl (C=O) groups is 1. The van der Waals surface area contributed by atoms with Crippen molar-refractivity contribution in [3.05, 3.63) is 34.6 Å². The first-order valence-corrected chi connectivity index (χ1v) is 8.05. The van der Waals surface area contributed by atoms with Gasteiger partial charge in [0.25, 0.3) is 5.56 Å². The van der Waals surface area contributed by atoms with Crippen molar-refractivity contribution in [2.24, 2.45) is 5.41 Å². The molecule has 23 heavy (non-hydrogen) atoms. The molecule has 1 aromatic heterocycles. The summed E-state index contributed by atoms with van der Waals surface area (Å²) >= 11 is 0. The van der Waals surface area contributed by atoms with Gasteiger partial charge in [-0.2, -0.15) is 0 Å². The Kier molecular flexibility index (Phi) is 4.32. The Morgan fingerprint density at radius 3 is 2.83 bits per heavy atom. The van der Waals surface area contributed by atoms with E-state index in [1.807, 2.05) is 13.0 Å². The maximum atomic E-state index is 12.3. The van der Waals surface area contributed by atoms with E-state index in [1.54, 1.807) is 18.2 Å². The predicted molar refractivity (Wildman–Crippen MR) is 88.4 cm³/mol. The number of hydrogen-bond acceptors (Lipinski definition) is 5. The van der Waals surface area contributed by atoms with Gasteiger partial charge in [-0.25, -0.2) is 4.98 Å². The van der Waals surface area contributed by atoms with E-state index in [1.165, 1.54) is 0 Å². The molecule has 0 amide bonds. The van der Waals surface area contributed by atoms with Crippen molar-refractivity contribution >= 4 is 22.8 Å². The molecule has 0 spiro atoms. The highest BCUT2D eigenvalue weighted by Crippen LogP contribution is 2.39. The van der Waals surface area contributed by atoms with Crippen molar-refractivity contribution < 1.29 is 9.53 Å². The molecule has 0 atom stereocenters. The smallest absolute Gasteiger partial charge is 0.313 e. The second kappa shape index (κ2) is 6.40. The van der Waals surface area contributed by atoms with Gasteiger partial charge in [0, 0.05) is 6.54 Å². The quantitative estimate of drug-likeness (QED) is 0.828. The van der Waals surface area contributed by atoms with E-state index in [0.717, 1.165) is 25.7 Å². The average molecular weight is 315 g/mol. The molecule has 0 bridgehead atoms. The van der Waals surface area contributed by atoms with E-state index < -0.39 is 5.41 Å². The zero-order valence-electron chi connectivity index (χ0n) is 13.2. The van der Waals surface area contributed by atoms with Crippen LogP contribution >= 0.6 is 0 Å². The topological polar surface area (TPSA) is 84.1 Å². The number of H-pyrrole nitrogens is 1. The fourth-order valence-electron chi connectivity index (χ4n) is 3.21. The Hall–Kier alpha value is -2.37. The highest BCUT2D eigenvalue weighted by molar-refractivity contribution is 5.79. The predicted octanol–water partition coefficient (Wildman–Crippen LogP) is 2.46. The number of anilines is 1. The molecular weight excluding hydrogens is 294 g/mol. The fraction of sp³-hybridized carbons (Fsp3) is 0.471. The second-order valence-corrected chi connectivity index (χ2v) is 5.99. The number of esters is 1. The van der Waals surface area contributed by atoms with Crippen LogP contribution in [0.3, 0.4) is 0 Å². The number of benzene rings is 1. The van der Waals surface area contributed by atoms with Gasteiger partial charge in [0.2, 0.25) is 5.95 Å². The summed E-state index contributed by atoms with van der Waals surface area (Å²) < 4.78 is 5.24. The van der Waals surface area contributed by atoms with E-state index in [0.29, 0.717) is 30.0 Å². The van der Waals surface area contributed by atoms with Gasteiger partial charge in [-0.05, 0) is 31.9 Å². The number of fused-ring (bicyclic) bond motifs is 1. The lowest BCUT2D eigenvalue weighted by Crippen LogP contribution is -2.37. The molecule has 1 aliphatic carbocycles. The summed E-state index contributed by atoms with van der Waals surface area (Å²) in [5.41, 5.74) is -0.0645. The molecule has 6 heteroatoms. The first kappa shape index (κ1) is 15.5. The van der Waals surface area contributed by atoms with Crippen LogP contribution in [0.2, 0.25) is 0 Å². The Bertz CT molecular complexity index is 763. The number of carbonyl (C=O) groups excluding carboxylic acids is 1. The third kappa shape index (κ3) is 3.06.